The highest BCUT2D eigenvalue weighted by atomic mass is 32.2. The molecule has 1 fully saturated rings. The number of likely N-dealkylation sites (tertiary alicyclic amines) is 1. The fraction of sp³-hybridized carbons (Fsp3) is 0.611. The Labute approximate surface area is 144 Å². The molecule has 0 spiro atoms. The minimum Gasteiger partial charge on any atom is -0.444 e. The van der Waals surface area contributed by atoms with E-state index in [2.05, 4.69) is 0 Å². The van der Waals surface area contributed by atoms with Gasteiger partial charge in [-0.1, -0.05) is 30.3 Å². The molecule has 134 valence electrons. The van der Waals surface area contributed by atoms with E-state index in [9.17, 15) is 13.2 Å². The summed E-state index contributed by atoms with van der Waals surface area (Å²) < 4.78 is 30.1. The lowest BCUT2D eigenvalue weighted by Gasteiger charge is -2.33. The third-order valence-corrected chi connectivity index (χ3v) is 5.74. The average molecular weight is 353 g/mol. The van der Waals surface area contributed by atoms with E-state index in [1.807, 2.05) is 51.1 Å². The minimum absolute atomic E-state index is 0.0835. The maximum absolute atomic E-state index is 12.4. The average Bonchev–Trinajstić information content (AvgIpc) is 2.46. The Kier molecular flexibility index (Phi) is 5.91. The summed E-state index contributed by atoms with van der Waals surface area (Å²) in [4.78, 5) is 13.7. The monoisotopic (exact) mass is 353 g/mol. The van der Waals surface area contributed by atoms with Gasteiger partial charge in [0.05, 0.1) is 11.5 Å². The molecule has 1 aliphatic heterocycles. The zero-order valence-corrected chi connectivity index (χ0v) is 15.5. The summed E-state index contributed by atoms with van der Waals surface area (Å²) in [7, 11) is -3.14. The van der Waals surface area contributed by atoms with Crippen molar-refractivity contribution in [3.05, 3.63) is 35.9 Å². The number of hydrogen-bond donors (Lipinski definition) is 0. The lowest BCUT2D eigenvalue weighted by atomic mass is 9.99. The van der Waals surface area contributed by atoms with Gasteiger partial charge in [0.25, 0.3) is 0 Å². The molecule has 1 aliphatic rings. The predicted molar refractivity (Wildman–Crippen MR) is 94.5 cm³/mol. The highest BCUT2D eigenvalue weighted by Crippen LogP contribution is 2.22. The molecule has 1 heterocycles. The van der Waals surface area contributed by atoms with Gasteiger partial charge < -0.3 is 9.64 Å². The number of sulfone groups is 1. The summed E-state index contributed by atoms with van der Waals surface area (Å²) >= 11 is 0. The fourth-order valence-corrected chi connectivity index (χ4v) is 4.72. The van der Waals surface area contributed by atoms with Crippen LogP contribution in [0.3, 0.4) is 0 Å². The molecular weight excluding hydrogens is 326 g/mol. The molecule has 6 heteroatoms. The molecular formula is C18H27NO4S. The Hall–Kier alpha value is -1.56. The number of amides is 1. The van der Waals surface area contributed by atoms with Crippen molar-refractivity contribution in [1.29, 1.82) is 0 Å². The molecule has 1 saturated heterocycles. The van der Waals surface area contributed by atoms with Crippen molar-refractivity contribution in [1.82, 2.24) is 4.90 Å². The molecule has 0 saturated carbocycles. The molecule has 1 aromatic rings. The number of carbonyl (C=O) groups excluding carboxylic acids is 1. The molecule has 0 aliphatic carbocycles. The van der Waals surface area contributed by atoms with E-state index in [1.54, 1.807) is 4.90 Å². The van der Waals surface area contributed by atoms with Gasteiger partial charge in [-0.3, -0.25) is 0 Å². The van der Waals surface area contributed by atoms with Gasteiger partial charge in [-0.15, -0.1) is 0 Å². The van der Waals surface area contributed by atoms with Crippen molar-refractivity contribution in [2.45, 2.75) is 45.0 Å². The molecule has 0 unspecified atom stereocenters. The van der Waals surface area contributed by atoms with Crippen LogP contribution in [0, 0.1) is 5.92 Å². The molecule has 1 amide bonds. The van der Waals surface area contributed by atoms with Crippen molar-refractivity contribution < 1.29 is 17.9 Å². The summed E-state index contributed by atoms with van der Waals surface area (Å²) in [6.45, 7) is 6.64. The molecule has 0 radical (unpaired) electrons. The molecule has 1 aromatic carbocycles. The van der Waals surface area contributed by atoms with Crippen LogP contribution in [0.1, 0.15) is 39.2 Å². The summed E-state index contributed by atoms with van der Waals surface area (Å²) in [6, 6.07) is 9.25. The van der Waals surface area contributed by atoms with Gasteiger partial charge in [-0.05, 0) is 45.1 Å². The van der Waals surface area contributed by atoms with Crippen molar-refractivity contribution >= 4 is 15.9 Å². The molecule has 5 nitrogen and oxygen atoms in total. The summed E-state index contributed by atoms with van der Waals surface area (Å²) in [5, 5.41) is 0. The summed E-state index contributed by atoms with van der Waals surface area (Å²) in [5.41, 5.74) is 0.316. The number of rotatable bonds is 4. The molecule has 0 bridgehead atoms. The van der Waals surface area contributed by atoms with Crippen LogP contribution in [0.2, 0.25) is 0 Å². The topological polar surface area (TPSA) is 63.7 Å². The van der Waals surface area contributed by atoms with Crippen LogP contribution >= 0.6 is 0 Å². The van der Waals surface area contributed by atoms with E-state index in [1.165, 1.54) is 0 Å². The highest BCUT2D eigenvalue weighted by molar-refractivity contribution is 7.90. The largest absolute Gasteiger partial charge is 0.444 e. The zero-order chi connectivity index (χ0) is 17.8. The maximum atomic E-state index is 12.4. The number of ether oxygens (including phenoxy) is 1. The first-order valence-electron chi connectivity index (χ1n) is 8.37. The fourth-order valence-electron chi connectivity index (χ4n) is 2.85. The van der Waals surface area contributed by atoms with Crippen LogP contribution in [0.25, 0.3) is 0 Å². The maximum Gasteiger partial charge on any atom is 0.410 e. The number of hydrogen-bond acceptors (Lipinski definition) is 4. The van der Waals surface area contributed by atoms with E-state index < -0.39 is 15.4 Å². The normalized spacial score (nSPS) is 16.9. The molecule has 0 atom stereocenters. The zero-order valence-electron chi connectivity index (χ0n) is 14.7. The van der Waals surface area contributed by atoms with Crippen molar-refractivity contribution in [3.63, 3.8) is 0 Å². The smallest absolute Gasteiger partial charge is 0.410 e. The predicted octanol–water partition coefficient (Wildman–Crippen LogP) is 3.25. The first kappa shape index (κ1) is 18.8. The number of nitrogens with zero attached hydrogens (tertiary/aromatic N) is 1. The highest BCUT2D eigenvalue weighted by Gasteiger charge is 2.29. The Morgan fingerprint density at radius 3 is 2.29 bits per heavy atom. The molecule has 2 rings (SSSR count). The molecule has 0 N–H and O–H groups in total. The second-order valence-electron chi connectivity index (χ2n) is 7.45. The molecule has 0 aromatic heterocycles. The first-order chi connectivity index (χ1) is 11.1. The number of carbonyl (C=O) groups is 1. The van der Waals surface area contributed by atoms with Gasteiger partial charge in [0.2, 0.25) is 0 Å². The van der Waals surface area contributed by atoms with Crippen molar-refractivity contribution in [2.75, 3.05) is 18.8 Å². The van der Waals surface area contributed by atoms with Crippen molar-refractivity contribution in [2.24, 2.45) is 5.92 Å². The standard InChI is InChI=1S/C18H27NO4S/c1-18(2,3)23-17(20)19-11-9-16(10-12-19)14-24(21,22)13-15-7-5-4-6-8-15/h4-8,16H,9-14H2,1-3H3. The van der Waals surface area contributed by atoms with Crippen LogP contribution in [0.15, 0.2) is 30.3 Å². The van der Waals surface area contributed by atoms with Crippen LogP contribution in [0.5, 0.6) is 0 Å². The number of benzene rings is 1. The number of piperidine rings is 1. The van der Waals surface area contributed by atoms with Crippen LogP contribution in [-0.2, 0) is 20.3 Å². The second-order valence-corrected chi connectivity index (χ2v) is 9.56. The third kappa shape index (κ3) is 6.15. The van der Waals surface area contributed by atoms with Gasteiger partial charge in [-0.2, -0.15) is 0 Å². The Balaban J connectivity index is 1.83. The first-order valence-corrected chi connectivity index (χ1v) is 10.2. The second kappa shape index (κ2) is 7.55. The summed E-state index contributed by atoms with van der Waals surface area (Å²) in [5.74, 6) is 0.377. The van der Waals surface area contributed by atoms with E-state index >= 15 is 0 Å². The quantitative estimate of drug-likeness (QED) is 0.833. The SMILES string of the molecule is CC(C)(C)OC(=O)N1CCC(CS(=O)(=O)Cc2ccccc2)CC1. The van der Waals surface area contributed by atoms with Gasteiger partial charge in [-0.25, -0.2) is 13.2 Å². The van der Waals surface area contributed by atoms with Gasteiger partial charge >= 0.3 is 6.09 Å². The Morgan fingerprint density at radius 1 is 1.17 bits per heavy atom. The van der Waals surface area contributed by atoms with Crippen molar-refractivity contribution in [3.8, 4) is 0 Å². The minimum atomic E-state index is -3.14. The lowest BCUT2D eigenvalue weighted by Crippen LogP contribution is -2.42. The lowest BCUT2D eigenvalue weighted by molar-refractivity contribution is 0.0191. The van der Waals surface area contributed by atoms with Gasteiger partial charge in [0.15, 0.2) is 9.84 Å². The Bertz CT molecular complexity index is 641. The van der Waals surface area contributed by atoms with Crippen LogP contribution < -0.4 is 0 Å². The third-order valence-electron chi connectivity index (χ3n) is 3.99. The van der Waals surface area contributed by atoms with E-state index in [-0.39, 0.29) is 23.5 Å². The van der Waals surface area contributed by atoms with Crippen LogP contribution in [-0.4, -0.2) is 43.9 Å². The van der Waals surface area contributed by atoms with Gasteiger partial charge in [0.1, 0.15) is 5.60 Å². The van der Waals surface area contributed by atoms with E-state index in [0.717, 1.165) is 5.56 Å². The molecule has 24 heavy (non-hydrogen) atoms. The summed E-state index contributed by atoms with van der Waals surface area (Å²) in [6.07, 6.45) is 1.09. The van der Waals surface area contributed by atoms with E-state index in [0.29, 0.717) is 25.9 Å². The Morgan fingerprint density at radius 2 is 1.75 bits per heavy atom. The van der Waals surface area contributed by atoms with Crippen LogP contribution in [0.4, 0.5) is 4.79 Å². The van der Waals surface area contributed by atoms with Gasteiger partial charge in [0, 0.05) is 13.1 Å². The van der Waals surface area contributed by atoms with E-state index in [4.69, 9.17) is 4.74 Å².